The second-order valence-electron chi connectivity index (χ2n) is 23.3. The van der Waals surface area contributed by atoms with Crippen molar-refractivity contribution in [3.05, 3.63) is 209 Å². The van der Waals surface area contributed by atoms with Gasteiger partial charge in [-0.2, -0.15) is 0 Å². The van der Waals surface area contributed by atoms with Crippen LogP contribution in [0.4, 0.5) is 0 Å². The first-order valence-electron chi connectivity index (χ1n) is 31.5. The minimum Gasteiger partial charge on any atom is -0.744 e. The van der Waals surface area contributed by atoms with Crippen LogP contribution in [0.15, 0.2) is 205 Å². The van der Waals surface area contributed by atoms with E-state index in [1.165, 1.54) is 90.8 Å². The van der Waals surface area contributed by atoms with Gasteiger partial charge in [0.15, 0.2) is 16.6 Å². The minimum atomic E-state index is -5.10. The summed E-state index contributed by atoms with van der Waals surface area (Å²) >= 11 is 3.51. The Labute approximate surface area is 676 Å². The van der Waals surface area contributed by atoms with Gasteiger partial charge in [-0.1, -0.05) is 73.2 Å². The predicted octanol–water partition coefficient (Wildman–Crippen LogP) is 4.66. The number of rotatable bonds is 20. The zero-order valence-electron chi connectivity index (χ0n) is 60.4. The summed E-state index contributed by atoms with van der Waals surface area (Å²) in [5, 5.41) is 66.4. The molecule has 49 heteroatoms. The molecule has 0 radical (unpaired) electrons. The van der Waals surface area contributed by atoms with E-state index in [0.717, 1.165) is 119 Å². The number of aromatic hydroxyl groups is 2. The van der Waals surface area contributed by atoms with E-state index >= 15 is 0 Å². The first-order valence-corrected chi connectivity index (χ1v) is 42.4. The van der Waals surface area contributed by atoms with Crippen molar-refractivity contribution >= 4 is 125 Å². The van der Waals surface area contributed by atoms with Crippen molar-refractivity contribution in [2.24, 2.45) is 0 Å². The Bertz CT molecular complexity index is 7100. The molecule has 6 aromatic heterocycles. The number of phenolic OH excluding ortho intramolecular Hbond substituents is 2. The smallest absolute Gasteiger partial charge is 0.365 e. The first kappa shape index (κ1) is 87.2. The van der Waals surface area contributed by atoms with E-state index in [1.54, 1.807) is 54.6 Å². The van der Waals surface area contributed by atoms with Gasteiger partial charge in [0.25, 0.3) is 17.5 Å². The van der Waals surface area contributed by atoms with E-state index in [9.17, 15) is 98.2 Å². The summed E-state index contributed by atoms with van der Waals surface area (Å²) < 4.78 is 229. The lowest BCUT2D eigenvalue weighted by molar-refractivity contribution is -0.734. The third-order valence-electron chi connectivity index (χ3n) is 16.1. The van der Waals surface area contributed by atoms with Crippen molar-refractivity contribution in [1.29, 1.82) is 0 Å². The number of aliphatic hydroxyl groups excluding tert-OH is 2. The minimum absolute atomic E-state index is 0. The zero-order valence-corrected chi connectivity index (χ0v) is 67.8. The molecule has 40 nitrogen and oxygen atoms in total. The number of aromatic nitrogens is 15. The maximum atomic E-state index is 12.0. The number of hydrogen-bond donors (Lipinski definition) is 4. The first-order chi connectivity index (χ1) is 53.8. The molecule has 15 aromatic rings. The van der Waals surface area contributed by atoms with Gasteiger partial charge in [0.1, 0.15) is 107 Å². The number of fused-ring (bicyclic) bond motifs is 3. The highest BCUT2D eigenvalue weighted by atomic mass is 32.2. The number of hydrogen-bond acceptors (Lipinski definition) is 37. The number of benzene rings is 9. The topological polar surface area (TPSA) is 594 Å². The molecule has 0 aliphatic heterocycles. The zero-order chi connectivity index (χ0) is 81.9. The van der Waals surface area contributed by atoms with Crippen LogP contribution >= 0.6 is 34.0 Å². The molecule has 0 bridgehead atoms. The molecule has 0 aliphatic carbocycles. The Kier molecular flexibility index (Phi) is 25.0. The van der Waals surface area contributed by atoms with Gasteiger partial charge < -0.3 is 62.0 Å². The fourth-order valence-corrected chi connectivity index (χ4v) is 17.0. The molecule has 0 fully saturated rings. The summed E-state index contributed by atoms with van der Waals surface area (Å²) in [7, 11) is -25.0. The molecule has 6 heterocycles. The van der Waals surface area contributed by atoms with Crippen molar-refractivity contribution in [1.82, 2.24) is 59.9 Å². The molecule has 15 rings (SSSR count). The average molecular weight is 1770 g/mol. The summed E-state index contributed by atoms with van der Waals surface area (Å²) in [4.78, 5) is 16.6. The molecule has 0 spiro atoms. The number of nitrogens with zero attached hydrogens (tertiary/aromatic N) is 15. The van der Waals surface area contributed by atoms with Crippen molar-refractivity contribution < 1.29 is 127 Å². The Morgan fingerprint density at radius 2 is 0.769 bits per heavy atom. The van der Waals surface area contributed by atoms with E-state index in [2.05, 4.69) is 45.5 Å². The lowest BCUT2D eigenvalue weighted by atomic mass is 10.2. The van der Waals surface area contributed by atoms with Gasteiger partial charge in [0.2, 0.25) is 0 Å². The standard InChI is InChI=1S/2C22H17N5O9S3.C21H15N5O7S3.3CH3/c1-36-14-4-6-16-19(9-14)37-22(23-16)27-25-21(12-3-7-18(29)20(8-12)39(33,34)35)24-26(27)17-10-15(38(30,31)32)5-2-13(17)11-28;1-36-14-4-7-17-19(9-14)37-22(23-17)27-25-21(16-6-3-13(29)8-20(16)39(33,34)35)24-26(27)18-10-15(38(30,31)32)5-2-12(18)11-28;1-33-14-8-11-17-18(12-14)34-21(22-17)26-24-20(16-4-2-3-5-19(16)36(30,31)32)23-25(26)13-6-9-15(10-7-13)35(27,28)29;;;/h2*2-10,28H,11H2,1H3,(H2-,24,25,29,30,31,32,33,34,35);2-12H,1H3,(H-,27,28,29,30,31,32);3*1H3/q;;;3*+1/p-3. The molecular formula is C68H55N15O25S9. The quantitative estimate of drug-likeness (QED) is 0.0458. The van der Waals surface area contributed by atoms with Crippen LogP contribution in [0.25, 0.3) is 97.3 Å². The second-order valence-corrected chi connectivity index (χ2v) is 34.5. The molecule has 0 aliphatic rings. The van der Waals surface area contributed by atoms with Crippen molar-refractivity contribution in [3.8, 4) is 95.4 Å². The molecular weight excluding hydrogens is 1720 g/mol. The molecule has 117 heavy (non-hydrogen) atoms. The van der Waals surface area contributed by atoms with Gasteiger partial charge in [-0.3, -0.25) is 0 Å². The molecule has 4 N–H and O–H groups in total. The van der Waals surface area contributed by atoms with Crippen LogP contribution in [0.2, 0.25) is 0 Å². The van der Waals surface area contributed by atoms with E-state index in [4.69, 9.17) is 14.2 Å². The van der Waals surface area contributed by atoms with Gasteiger partial charge >= 0.3 is 15.4 Å². The summed E-state index contributed by atoms with van der Waals surface area (Å²) in [5.74, 6) is -0.0900. The van der Waals surface area contributed by atoms with E-state index in [-0.39, 0.29) is 89.2 Å². The van der Waals surface area contributed by atoms with Gasteiger partial charge in [0, 0.05) is 72.5 Å². The molecule has 0 unspecified atom stereocenters. The SMILES string of the molecule is COc1ccc2nc(-[n+]3nc(-c4ccc(O)c(S(=O)(=O)[O-])c4)nn3-c3cc(S(=O)(=O)[O-])ccc3CO)sc2c1.COc1ccc2nc(-[n+]3nc(-c4ccc(O)cc4S(=O)(=O)[O-])nn3-c3cc(S(=O)(=O)[O-])ccc3CO)sc2c1.COc1ccc2nc(-[n+]3nc(-c4ccccc4S(=O)(=O)[O-])nn3-c3ccc(S(=O)(=O)[O-])cc3)sc2c1.[CH3+].[CH3+].[CH3+]. The number of thiazole rings is 3. The number of aliphatic hydroxyl groups is 2. The van der Waals surface area contributed by atoms with E-state index in [1.807, 2.05) is 0 Å². The van der Waals surface area contributed by atoms with Crippen LogP contribution in [0.5, 0.6) is 28.7 Å². The number of methoxy groups -OCH3 is 3. The Morgan fingerprint density at radius 1 is 0.385 bits per heavy atom. The van der Waals surface area contributed by atoms with Gasteiger partial charge in [0.05, 0.1) is 89.1 Å². The van der Waals surface area contributed by atoms with E-state index < -0.39 is 115 Å². The van der Waals surface area contributed by atoms with Crippen molar-refractivity contribution in [2.45, 2.75) is 42.6 Å². The lowest BCUT2D eigenvalue weighted by Gasteiger charge is -2.11. The highest BCUT2D eigenvalue weighted by molar-refractivity contribution is 7.87. The largest absolute Gasteiger partial charge is 0.744 e. The monoisotopic (exact) mass is 1770 g/mol. The highest BCUT2D eigenvalue weighted by Gasteiger charge is 2.33. The molecule has 606 valence electrons. The molecule has 0 atom stereocenters. The Hall–Kier alpha value is -12.2. The molecule has 0 saturated heterocycles. The predicted molar refractivity (Wildman–Crippen MR) is 406 cm³/mol. The van der Waals surface area contributed by atoms with Crippen LogP contribution in [0.3, 0.4) is 0 Å². The number of tetrazole rings is 3. The fourth-order valence-electron chi connectivity index (χ4n) is 10.8. The van der Waals surface area contributed by atoms with Crippen LogP contribution in [-0.2, 0) is 73.9 Å². The lowest BCUT2D eigenvalue weighted by Crippen LogP contribution is -2.43. The van der Waals surface area contributed by atoms with Crippen LogP contribution in [0.1, 0.15) is 11.1 Å². The van der Waals surface area contributed by atoms with Crippen molar-refractivity contribution in [3.63, 3.8) is 0 Å². The van der Waals surface area contributed by atoms with Gasteiger partial charge in [-0.05, 0) is 178 Å². The van der Waals surface area contributed by atoms with E-state index in [0.29, 0.717) is 54.0 Å². The maximum Gasteiger partial charge on any atom is 0.365 e. The van der Waals surface area contributed by atoms with Crippen LogP contribution in [-0.4, -0.2) is 180 Å². The van der Waals surface area contributed by atoms with Crippen LogP contribution in [0, 0.1) is 22.3 Å². The maximum absolute atomic E-state index is 12.0. The Morgan fingerprint density at radius 3 is 1.18 bits per heavy atom. The third kappa shape index (κ3) is 18.4. The summed E-state index contributed by atoms with van der Waals surface area (Å²) in [6.45, 7) is -1.17. The summed E-state index contributed by atoms with van der Waals surface area (Å²) in [5.41, 5.74) is 1.91. The number of phenols is 2. The van der Waals surface area contributed by atoms with Crippen molar-refractivity contribution in [2.75, 3.05) is 21.3 Å². The van der Waals surface area contributed by atoms with Crippen LogP contribution < -0.4 is 28.6 Å². The molecule has 0 saturated carbocycles. The highest BCUT2D eigenvalue weighted by Crippen LogP contribution is 2.35. The fraction of sp³-hybridized carbons (Fsp3) is 0.0735. The number of ether oxygens (including phenoxy) is 3. The van der Waals surface area contributed by atoms with Gasteiger partial charge in [-0.15, -0.1) is 0 Å². The Balaban J connectivity index is 0.000000183. The normalized spacial score (nSPS) is 11.9. The second kappa shape index (κ2) is 33.6. The third-order valence-corrected chi connectivity index (χ3v) is 24.2. The average Bonchev–Trinajstić information content (AvgIpc) is 1.81. The molecule has 0 amide bonds. The molecule has 9 aromatic carbocycles. The summed E-state index contributed by atoms with van der Waals surface area (Å²) in [6, 6.07) is 38.5. The van der Waals surface area contributed by atoms with Gasteiger partial charge in [-0.25, -0.2) is 50.5 Å². The summed E-state index contributed by atoms with van der Waals surface area (Å²) in [6.07, 6.45) is 0.